The third kappa shape index (κ3) is 3.47. The molecule has 0 saturated heterocycles. The van der Waals surface area contributed by atoms with Crippen LogP contribution in [0.5, 0.6) is 0 Å². The highest BCUT2D eigenvalue weighted by Crippen LogP contribution is 2.23. The van der Waals surface area contributed by atoms with Gasteiger partial charge in [0.15, 0.2) is 0 Å². The highest BCUT2D eigenvalue weighted by Gasteiger charge is 2.09. The van der Waals surface area contributed by atoms with Gasteiger partial charge in [0, 0.05) is 23.2 Å². The van der Waals surface area contributed by atoms with Crippen molar-refractivity contribution in [2.75, 3.05) is 12.4 Å². The van der Waals surface area contributed by atoms with Crippen LogP contribution in [0.15, 0.2) is 35.2 Å². The van der Waals surface area contributed by atoms with Gasteiger partial charge in [-0.05, 0) is 25.5 Å². The molecule has 0 saturated carbocycles. The van der Waals surface area contributed by atoms with Gasteiger partial charge in [-0.3, -0.25) is 0 Å². The summed E-state index contributed by atoms with van der Waals surface area (Å²) in [5, 5.41) is 3.17. The van der Waals surface area contributed by atoms with Gasteiger partial charge in [0.1, 0.15) is 11.6 Å². The Labute approximate surface area is 118 Å². The van der Waals surface area contributed by atoms with Crippen LogP contribution in [-0.2, 0) is 12.2 Å². The average molecular weight is 273 g/mol. The van der Waals surface area contributed by atoms with Crippen molar-refractivity contribution in [1.29, 1.82) is 0 Å². The lowest BCUT2D eigenvalue weighted by Gasteiger charge is -2.11. The molecule has 19 heavy (non-hydrogen) atoms. The van der Waals surface area contributed by atoms with E-state index in [0.29, 0.717) is 0 Å². The summed E-state index contributed by atoms with van der Waals surface area (Å²) in [4.78, 5) is 10.4. The number of thioether (sulfide) groups is 1. The molecule has 2 aromatic rings. The third-order valence-corrected chi connectivity index (χ3v) is 3.97. The van der Waals surface area contributed by atoms with E-state index in [1.807, 2.05) is 25.2 Å². The van der Waals surface area contributed by atoms with Gasteiger partial charge in [-0.1, -0.05) is 25.1 Å². The van der Waals surface area contributed by atoms with Crippen LogP contribution in [0.4, 0.5) is 5.82 Å². The predicted octanol–water partition coefficient (Wildman–Crippen LogP) is 3.68. The van der Waals surface area contributed by atoms with Gasteiger partial charge < -0.3 is 5.32 Å². The van der Waals surface area contributed by atoms with E-state index in [-0.39, 0.29) is 0 Å². The molecule has 0 unspecified atom stereocenters. The molecule has 3 nitrogen and oxygen atoms in total. The van der Waals surface area contributed by atoms with Crippen molar-refractivity contribution >= 4 is 17.6 Å². The van der Waals surface area contributed by atoms with Crippen molar-refractivity contribution in [3.8, 4) is 0 Å². The Morgan fingerprint density at radius 2 is 1.89 bits per heavy atom. The molecule has 0 aliphatic carbocycles. The predicted molar refractivity (Wildman–Crippen MR) is 81.7 cm³/mol. The zero-order chi connectivity index (χ0) is 13.7. The summed E-state index contributed by atoms with van der Waals surface area (Å²) in [5.74, 6) is 2.63. The number of aromatic nitrogens is 2. The van der Waals surface area contributed by atoms with Crippen molar-refractivity contribution in [2.24, 2.45) is 0 Å². The Morgan fingerprint density at radius 1 is 1.16 bits per heavy atom. The van der Waals surface area contributed by atoms with Crippen LogP contribution in [0.25, 0.3) is 0 Å². The standard InChI is InChI=1S/C15H19N3S/c1-4-13-11(2)17-14(18-15(13)16-3)10-19-12-8-6-5-7-9-12/h5-9H,4,10H2,1-3H3,(H,16,17,18). The topological polar surface area (TPSA) is 37.8 Å². The van der Waals surface area contributed by atoms with E-state index in [1.165, 1.54) is 10.5 Å². The first-order valence-corrected chi connectivity index (χ1v) is 7.45. The zero-order valence-corrected chi connectivity index (χ0v) is 12.4. The second kappa shape index (κ2) is 6.57. The fourth-order valence-corrected chi connectivity index (χ4v) is 2.79. The molecule has 0 aliphatic heterocycles. The van der Waals surface area contributed by atoms with Gasteiger partial charge >= 0.3 is 0 Å². The number of hydrogen-bond donors (Lipinski definition) is 1. The molecule has 1 aromatic carbocycles. The van der Waals surface area contributed by atoms with E-state index in [2.05, 4.69) is 41.3 Å². The number of rotatable bonds is 5. The van der Waals surface area contributed by atoms with Crippen LogP contribution in [0.3, 0.4) is 0 Å². The van der Waals surface area contributed by atoms with Crippen LogP contribution in [-0.4, -0.2) is 17.0 Å². The van der Waals surface area contributed by atoms with Crippen molar-refractivity contribution in [1.82, 2.24) is 9.97 Å². The molecular weight excluding hydrogens is 254 g/mol. The second-order valence-electron chi connectivity index (χ2n) is 4.26. The minimum Gasteiger partial charge on any atom is -0.373 e. The molecular formula is C15H19N3S. The van der Waals surface area contributed by atoms with E-state index < -0.39 is 0 Å². The fraction of sp³-hybridized carbons (Fsp3) is 0.333. The van der Waals surface area contributed by atoms with Crippen LogP contribution in [0.2, 0.25) is 0 Å². The molecule has 0 bridgehead atoms. The fourth-order valence-electron chi connectivity index (χ4n) is 2.01. The van der Waals surface area contributed by atoms with Crippen molar-refractivity contribution in [2.45, 2.75) is 30.9 Å². The summed E-state index contributed by atoms with van der Waals surface area (Å²) < 4.78 is 0. The van der Waals surface area contributed by atoms with Crippen molar-refractivity contribution in [3.63, 3.8) is 0 Å². The van der Waals surface area contributed by atoms with E-state index in [4.69, 9.17) is 0 Å². The molecule has 1 heterocycles. The first-order valence-electron chi connectivity index (χ1n) is 6.46. The summed E-state index contributed by atoms with van der Waals surface area (Å²) in [7, 11) is 1.91. The summed E-state index contributed by atoms with van der Waals surface area (Å²) in [5.41, 5.74) is 2.28. The van der Waals surface area contributed by atoms with Crippen LogP contribution in [0.1, 0.15) is 24.0 Å². The lowest BCUT2D eigenvalue weighted by atomic mass is 10.1. The maximum absolute atomic E-state index is 4.60. The van der Waals surface area contributed by atoms with Gasteiger partial charge in [-0.15, -0.1) is 11.8 Å². The van der Waals surface area contributed by atoms with Gasteiger partial charge in [-0.25, -0.2) is 9.97 Å². The van der Waals surface area contributed by atoms with E-state index in [0.717, 1.165) is 29.5 Å². The zero-order valence-electron chi connectivity index (χ0n) is 11.6. The highest BCUT2D eigenvalue weighted by molar-refractivity contribution is 7.98. The molecule has 0 aliphatic rings. The molecule has 1 aromatic heterocycles. The van der Waals surface area contributed by atoms with Gasteiger partial charge in [0.05, 0.1) is 5.75 Å². The summed E-state index contributed by atoms with van der Waals surface area (Å²) in [6.07, 6.45) is 0.952. The lowest BCUT2D eigenvalue weighted by Crippen LogP contribution is -2.06. The van der Waals surface area contributed by atoms with Crippen LogP contribution in [0, 0.1) is 6.92 Å². The number of benzene rings is 1. The Balaban J connectivity index is 2.15. The molecule has 0 amide bonds. The number of anilines is 1. The molecule has 1 N–H and O–H groups in total. The molecule has 2 rings (SSSR count). The molecule has 0 radical (unpaired) electrons. The van der Waals surface area contributed by atoms with Crippen molar-refractivity contribution < 1.29 is 0 Å². The first-order chi connectivity index (χ1) is 9.24. The number of nitrogens with one attached hydrogen (secondary N) is 1. The van der Waals surface area contributed by atoms with Crippen molar-refractivity contribution in [3.05, 3.63) is 47.4 Å². The lowest BCUT2D eigenvalue weighted by molar-refractivity contribution is 0.941. The number of aryl methyl sites for hydroxylation is 1. The van der Waals surface area contributed by atoms with E-state index >= 15 is 0 Å². The summed E-state index contributed by atoms with van der Waals surface area (Å²) in [6, 6.07) is 10.3. The Hall–Kier alpha value is -1.55. The van der Waals surface area contributed by atoms with E-state index in [9.17, 15) is 0 Å². The van der Waals surface area contributed by atoms with E-state index in [1.54, 1.807) is 11.8 Å². The first kappa shape index (κ1) is 13.9. The SMILES string of the molecule is CCc1c(C)nc(CSc2ccccc2)nc1NC. The summed E-state index contributed by atoms with van der Waals surface area (Å²) in [6.45, 7) is 4.18. The minimum absolute atomic E-state index is 0.795. The monoisotopic (exact) mass is 273 g/mol. The maximum Gasteiger partial charge on any atom is 0.141 e. The normalized spacial score (nSPS) is 10.5. The highest BCUT2D eigenvalue weighted by atomic mass is 32.2. The number of hydrogen-bond acceptors (Lipinski definition) is 4. The molecule has 0 spiro atoms. The van der Waals surface area contributed by atoms with Crippen LogP contribution >= 0.6 is 11.8 Å². The molecule has 100 valence electrons. The quantitative estimate of drug-likeness (QED) is 0.843. The Bertz CT molecular complexity index is 541. The Morgan fingerprint density at radius 3 is 2.53 bits per heavy atom. The largest absolute Gasteiger partial charge is 0.373 e. The molecule has 0 atom stereocenters. The smallest absolute Gasteiger partial charge is 0.141 e. The summed E-state index contributed by atoms with van der Waals surface area (Å²) >= 11 is 1.76. The minimum atomic E-state index is 0.795. The molecule has 0 fully saturated rings. The number of nitrogens with zero attached hydrogens (tertiary/aromatic N) is 2. The Kier molecular flexibility index (Phi) is 4.80. The molecule has 4 heteroatoms. The maximum atomic E-state index is 4.60. The average Bonchev–Trinajstić information content (AvgIpc) is 2.45. The third-order valence-electron chi connectivity index (χ3n) is 2.96. The van der Waals surface area contributed by atoms with Gasteiger partial charge in [-0.2, -0.15) is 0 Å². The van der Waals surface area contributed by atoms with Crippen LogP contribution < -0.4 is 5.32 Å². The second-order valence-corrected chi connectivity index (χ2v) is 5.31. The van der Waals surface area contributed by atoms with Gasteiger partial charge in [0.25, 0.3) is 0 Å². The van der Waals surface area contributed by atoms with Gasteiger partial charge in [0.2, 0.25) is 0 Å².